The van der Waals surface area contributed by atoms with Gasteiger partial charge in [-0.15, -0.1) is 0 Å². The summed E-state index contributed by atoms with van der Waals surface area (Å²) in [7, 11) is -3.70. The van der Waals surface area contributed by atoms with Gasteiger partial charge < -0.3 is 10.2 Å². The summed E-state index contributed by atoms with van der Waals surface area (Å²) in [4.78, 5) is 0. The molecule has 3 N–H and O–H groups in total. The van der Waals surface area contributed by atoms with Crippen LogP contribution in [0.3, 0.4) is 0 Å². The van der Waals surface area contributed by atoms with E-state index in [9.17, 15) is 8.42 Å². The summed E-state index contributed by atoms with van der Waals surface area (Å²) < 4.78 is 33.0. The van der Waals surface area contributed by atoms with E-state index in [1.165, 1.54) is 6.07 Å². The van der Waals surface area contributed by atoms with Crippen LogP contribution in [-0.4, -0.2) is 8.42 Å². The molecule has 7 heteroatoms. The molecule has 1 aromatic carbocycles. The van der Waals surface area contributed by atoms with Gasteiger partial charge in [0.15, 0.2) is 0 Å². The smallest absolute Gasteiger partial charge is 0.274 e. The maximum absolute atomic E-state index is 12.2. The largest absolute Gasteiger partial charge is 0.447 e. The van der Waals surface area contributed by atoms with Gasteiger partial charge in [-0.05, 0) is 36.8 Å². The van der Waals surface area contributed by atoms with E-state index in [0.29, 0.717) is 5.76 Å². The monoisotopic (exact) mass is 358 g/mol. The van der Waals surface area contributed by atoms with Crippen LogP contribution in [0.4, 0.5) is 0 Å². The minimum Gasteiger partial charge on any atom is -0.447 e. The van der Waals surface area contributed by atoms with Crippen molar-refractivity contribution in [3.63, 3.8) is 0 Å². The number of rotatable bonds is 5. The molecule has 2 rings (SSSR count). The zero-order valence-corrected chi connectivity index (χ0v) is 13.2. The number of hydrogen-bond acceptors (Lipinski definition) is 4. The van der Waals surface area contributed by atoms with Crippen LogP contribution in [0.15, 0.2) is 50.4 Å². The van der Waals surface area contributed by atoms with Crippen molar-refractivity contribution < 1.29 is 12.8 Å². The summed E-state index contributed by atoms with van der Waals surface area (Å²) in [6, 6.07) is 10.0. The van der Waals surface area contributed by atoms with Gasteiger partial charge in [-0.3, -0.25) is 0 Å². The SMILES string of the molecule is CC(NS(=O)(=O)c1ccc(CN)o1)c1cccc(Br)c1. The molecular weight excluding hydrogens is 344 g/mol. The van der Waals surface area contributed by atoms with Crippen LogP contribution < -0.4 is 10.5 Å². The van der Waals surface area contributed by atoms with Gasteiger partial charge in [-0.1, -0.05) is 28.1 Å². The third-order valence-corrected chi connectivity index (χ3v) is 4.69. The van der Waals surface area contributed by atoms with Gasteiger partial charge in [0.25, 0.3) is 10.0 Å². The second kappa shape index (κ2) is 6.09. The van der Waals surface area contributed by atoms with Gasteiger partial charge in [-0.25, -0.2) is 13.1 Å². The van der Waals surface area contributed by atoms with Crippen molar-refractivity contribution in [2.24, 2.45) is 5.73 Å². The third-order valence-electron chi connectivity index (χ3n) is 2.78. The van der Waals surface area contributed by atoms with E-state index < -0.39 is 10.0 Å². The Kier molecular flexibility index (Phi) is 4.64. The molecule has 1 heterocycles. The van der Waals surface area contributed by atoms with E-state index in [0.717, 1.165) is 10.0 Å². The predicted molar refractivity (Wildman–Crippen MR) is 79.5 cm³/mol. The molecule has 0 saturated carbocycles. The lowest BCUT2D eigenvalue weighted by atomic mass is 10.1. The maximum Gasteiger partial charge on any atom is 0.274 e. The summed E-state index contributed by atoms with van der Waals surface area (Å²) in [5, 5.41) is -0.125. The van der Waals surface area contributed by atoms with Crippen molar-refractivity contribution in [1.82, 2.24) is 4.72 Å². The summed E-state index contributed by atoms with van der Waals surface area (Å²) in [5.41, 5.74) is 6.26. The summed E-state index contributed by atoms with van der Waals surface area (Å²) >= 11 is 3.36. The Morgan fingerprint density at radius 1 is 1.35 bits per heavy atom. The number of nitrogens with one attached hydrogen (secondary N) is 1. The lowest BCUT2D eigenvalue weighted by molar-refractivity contribution is 0.411. The van der Waals surface area contributed by atoms with Crippen molar-refractivity contribution in [3.8, 4) is 0 Å². The van der Waals surface area contributed by atoms with Crippen molar-refractivity contribution in [3.05, 3.63) is 52.2 Å². The highest BCUT2D eigenvalue weighted by atomic mass is 79.9. The first-order valence-corrected chi connectivity index (χ1v) is 8.26. The van der Waals surface area contributed by atoms with E-state index in [-0.39, 0.29) is 17.7 Å². The van der Waals surface area contributed by atoms with Crippen LogP contribution in [0.1, 0.15) is 24.3 Å². The second-order valence-electron chi connectivity index (χ2n) is 4.32. The molecule has 5 nitrogen and oxygen atoms in total. The molecule has 0 bridgehead atoms. The average Bonchev–Trinajstić information content (AvgIpc) is 2.87. The lowest BCUT2D eigenvalue weighted by Crippen LogP contribution is -2.26. The molecule has 2 aromatic rings. The van der Waals surface area contributed by atoms with E-state index in [1.807, 2.05) is 24.3 Å². The molecule has 108 valence electrons. The molecule has 0 aliphatic carbocycles. The maximum atomic E-state index is 12.2. The van der Waals surface area contributed by atoms with E-state index >= 15 is 0 Å². The Morgan fingerprint density at radius 3 is 2.70 bits per heavy atom. The molecule has 0 fully saturated rings. The zero-order chi connectivity index (χ0) is 14.8. The fourth-order valence-corrected chi connectivity index (χ4v) is 3.35. The number of furan rings is 1. The highest BCUT2D eigenvalue weighted by Gasteiger charge is 2.21. The summed E-state index contributed by atoms with van der Waals surface area (Å²) in [6.07, 6.45) is 0. The van der Waals surface area contributed by atoms with Crippen LogP contribution in [-0.2, 0) is 16.6 Å². The Bertz CT molecular complexity index is 697. The number of benzene rings is 1. The van der Waals surface area contributed by atoms with Crippen molar-refractivity contribution in [1.29, 1.82) is 0 Å². The Balaban J connectivity index is 2.19. The van der Waals surface area contributed by atoms with Gasteiger partial charge in [-0.2, -0.15) is 0 Å². The van der Waals surface area contributed by atoms with Gasteiger partial charge >= 0.3 is 0 Å². The van der Waals surface area contributed by atoms with Crippen LogP contribution in [0, 0.1) is 0 Å². The number of hydrogen-bond donors (Lipinski definition) is 2. The van der Waals surface area contributed by atoms with Crippen LogP contribution in [0.25, 0.3) is 0 Å². The highest BCUT2D eigenvalue weighted by Crippen LogP contribution is 2.21. The molecule has 1 atom stereocenters. The number of sulfonamides is 1. The standard InChI is InChI=1S/C13H15BrN2O3S/c1-9(10-3-2-4-11(14)7-10)16-20(17,18)13-6-5-12(8-15)19-13/h2-7,9,16H,8,15H2,1H3. The highest BCUT2D eigenvalue weighted by molar-refractivity contribution is 9.10. The van der Waals surface area contributed by atoms with E-state index in [1.54, 1.807) is 13.0 Å². The van der Waals surface area contributed by atoms with Crippen molar-refractivity contribution >= 4 is 26.0 Å². The molecular formula is C13H15BrN2O3S. The molecule has 0 aliphatic rings. The molecule has 1 aromatic heterocycles. The van der Waals surface area contributed by atoms with Gasteiger partial charge in [0.2, 0.25) is 5.09 Å². The first-order valence-electron chi connectivity index (χ1n) is 5.99. The fraction of sp³-hybridized carbons (Fsp3) is 0.231. The van der Waals surface area contributed by atoms with Crippen LogP contribution >= 0.6 is 15.9 Å². The molecule has 0 aliphatic heterocycles. The first-order chi connectivity index (χ1) is 9.42. The summed E-state index contributed by atoms with van der Waals surface area (Å²) in [6.45, 7) is 1.93. The van der Waals surface area contributed by atoms with Crippen LogP contribution in [0.5, 0.6) is 0 Å². The molecule has 20 heavy (non-hydrogen) atoms. The lowest BCUT2D eigenvalue weighted by Gasteiger charge is -2.13. The molecule has 0 saturated heterocycles. The first kappa shape index (κ1) is 15.2. The molecule has 0 spiro atoms. The number of halogens is 1. The molecule has 0 radical (unpaired) electrons. The second-order valence-corrected chi connectivity index (χ2v) is 6.88. The van der Waals surface area contributed by atoms with Gasteiger partial charge in [0.05, 0.1) is 6.54 Å². The average molecular weight is 359 g/mol. The van der Waals surface area contributed by atoms with Crippen LogP contribution in [0.2, 0.25) is 0 Å². The quantitative estimate of drug-likeness (QED) is 0.859. The Labute approximate surface area is 126 Å². The third kappa shape index (κ3) is 3.49. The number of nitrogens with two attached hydrogens (primary N) is 1. The normalized spacial score (nSPS) is 13.3. The fourth-order valence-electron chi connectivity index (χ4n) is 1.75. The van der Waals surface area contributed by atoms with E-state index in [4.69, 9.17) is 10.2 Å². The topological polar surface area (TPSA) is 85.3 Å². The summed E-state index contributed by atoms with van der Waals surface area (Å²) in [5.74, 6) is 0.431. The van der Waals surface area contributed by atoms with Gasteiger partial charge in [0, 0.05) is 10.5 Å². The Morgan fingerprint density at radius 2 is 2.10 bits per heavy atom. The van der Waals surface area contributed by atoms with Crippen molar-refractivity contribution in [2.75, 3.05) is 0 Å². The zero-order valence-electron chi connectivity index (χ0n) is 10.8. The predicted octanol–water partition coefficient (Wildman–Crippen LogP) is 2.54. The minimum absolute atomic E-state index is 0.125. The minimum atomic E-state index is -3.70. The molecule has 1 unspecified atom stereocenters. The van der Waals surface area contributed by atoms with Gasteiger partial charge in [0.1, 0.15) is 5.76 Å². The van der Waals surface area contributed by atoms with Crippen molar-refractivity contribution in [2.45, 2.75) is 24.6 Å². The van der Waals surface area contributed by atoms with E-state index in [2.05, 4.69) is 20.7 Å². The Hall–Kier alpha value is -1.15. The molecule has 0 amide bonds.